The topological polar surface area (TPSA) is 24.9 Å². The van der Waals surface area contributed by atoms with E-state index in [9.17, 15) is 26.3 Å². The molecule has 2 rings (SSSR count). The van der Waals surface area contributed by atoms with Crippen LogP contribution in [0.1, 0.15) is 22.4 Å². The van der Waals surface area contributed by atoms with E-state index in [-0.39, 0.29) is 22.8 Å². The number of halogens is 6. The monoisotopic (exact) mass is 354 g/mol. The van der Waals surface area contributed by atoms with Crippen LogP contribution in [0.15, 0.2) is 18.2 Å². The van der Waals surface area contributed by atoms with Gasteiger partial charge in [0, 0.05) is 17.8 Å². The van der Waals surface area contributed by atoms with Gasteiger partial charge in [-0.1, -0.05) is 6.07 Å². The van der Waals surface area contributed by atoms with E-state index >= 15 is 0 Å². The van der Waals surface area contributed by atoms with Crippen molar-refractivity contribution >= 4 is 17.0 Å². The number of hydrogen-bond acceptors (Lipinski definition) is 3. The van der Waals surface area contributed by atoms with Crippen molar-refractivity contribution in [3.63, 3.8) is 0 Å². The van der Waals surface area contributed by atoms with Crippen molar-refractivity contribution in [3.05, 3.63) is 33.6 Å². The maximum absolute atomic E-state index is 13.1. The van der Waals surface area contributed by atoms with Crippen molar-refractivity contribution in [1.82, 2.24) is 4.98 Å². The second-order valence-electron chi connectivity index (χ2n) is 4.70. The number of aryl methyl sites for hydroxylation is 1. The van der Waals surface area contributed by atoms with Gasteiger partial charge in [0.15, 0.2) is 0 Å². The highest BCUT2D eigenvalue weighted by Crippen LogP contribution is 2.43. The second kappa shape index (κ2) is 6.03. The Balaban J connectivity index is 2.62. The maximum Gasteiger partial charge on any atom is 0.427 e. The van der Waals surface area contributed by atoms with E-state index in [1.807, 2.05) is 0 Å². The SMILES string of the molecule is CCNc1ccc(-c2nc(C)sc2C(F)(F)F)cc1C(F)(F)F. The third kappa shape index (κ3) is 3.77. The minimum absolute atomic E-state index is 0.136. The fourth-order valence-electron chi connectivity index (χ4n) is 2.09. The van der Waals surface area contributed by atoms with Crippen LogP contribution in [0, 0.1) is 6.92 Å². The summed E-state index contributed by atoms with van der Waals surface area (Å²) in [6.07, 6.45) is -9.35. The summed E-state index contributed by atoms with van der Waals surface area (Å²) in [6.45, 7) is 3.26. The zero-order valence-electron chi connectivity index (χ0n) is 12.1. The summed E-state index contributed by atoms with van der Waals surface area (Å²) >= 11 is 0.411. The molecule has 1 aromatic carbocycles. The molecular weight excluding hydrogens is 342 g/mol. The number of anilines is 1. The molecule has 0 spiro atoms. The van der Waals surface area contributed by atoms with E-state index in [1.165, 1.54) is 13.0 Å². The minimum Gasteiger partial charge on any atom is -0.385 e. The standard InChI is InChI=1S/C14H12F6N2S/c1-3-21-10-5-4-8(6-9(10)13(15,16)17)11-12(14(18,19)20)23-7(2)22-11/h4-6,21H,3H2,1-2H3. The van der Waals surface area contributed by atoms with Gasteiger partial charge >= 0.3 is 12.4 Å². The average Bonchev–Trinajstić information content (AvgIpc) is 2.80. The largest absolute Gasteiger partial charge is 0.427 e. The van der Waals surface area contributed by atoms with Crippen LogP contribution in [0.25, 0.3) is 11.3 Å². The predicted molar refractivity (Wildman–Crippen MR) is 76.5 cm³/mol. The van der Waals surface area contributed by atoms with Gasteiger partial charge in [0.05, 0.1) is 16.3 Å². The second-order valence-corrected chi connectivity index (χ2v) is 5.90. The summed E-state index contributed by atoms with van der Waals surface area (Å²) in [6, 6.07) is 3.02. The molecule has 0 aliphatic rings. The van der Waals surface area contributed by atoms with Crippen molar-refractivity contribution in [1.29, 1.82) is 0 Å². The third-order valence-electron chi connectivity index (χ3n) is 2.96. The fraction of sp³-hybridized carbons (Fsp3) is 0.357. The Hall–Kier alpha value is -1.77. The number of benzene rings is 1. The molecule has 1 heterocycles. The highest BCUT2D eigenvalue weighted by atomic mass is 32.1. The minimum atomic E-state index is -4.68. The van der Waals surface area contributed by atoms with Crippen LogP contribution in [0.2, 0.25) is 0 Å². The molecular formula is C14H12F6N2S. The van der Waals surface area contributed by atoms with Crippen LogP contribution in [0.5, 0.6) is 0 Å². The summed E-state index contributed by atoms with van der Waals surface area (Å²) < 4.78 is 78.4. The third-order valence-corrected chi connectivity index (χ3v) is 3.97. The van der Waals surface area contributed by atoms with Crippen LogP contribution < -0.4 is 5.32 Å². The molecule has 0 fully saturated rings. The van der Waals surface area contributed by atoms with Crippen LogP contribution in [0.4, 0.5) is 32.0 Å². The first kappa shape index (κ1) is 17.6. The van der Waals surface area contributed by atoms with E-state index in [0.717, 1.165) is 6.07 Å². The number of nitrogens with one attached hydrogen (secondary N) is 1. The van der Waals surface area contributed by atoms with E-state index in [0.29, 0.717) is 17.4 Å². The molecule has 0 saturated heterocycles. The molecule has 0 unspecified atom stereocenters. The zero-order valence-corrected chi connectivity index (χ0v) is 12.9. The van der Waals surface area contributed by atoms with Gasteiger partial charge in [0.2, 0.25) is 0 Å². The molecule has 0 bridgehead atoms. The number of aromatic nitrogens is 1. The molecule has 1 aromatic heterocycles. The number of nitrogens with zero attached hydrogens (tertiary/aromatic N) is 1. The van der Waals surface area contributed by atoms with E-state index in [1.54, 1.807) is 6.92 Å². The molecule has 0 radical (unpaired) electrons. The Labute approximate surface area is 132 Å². The molecule has 0 atom stereocenters. The molecule has 126 valence electrons. The lowest BCUT2D eigenvalue weighted by Gasteiger charge is -2.15. The Kier molecular flexibility index (Phi) is 4.61. The van der Waals surface area contributed by atoms with Crippen molar-refractivity contribution in [3.8, 4) is 11.3 Å². The van der Waals surface area contributed by atoms with Crippen molar-refractivity contribution in [2.24, 2.45) is 0 Å². The number of hydrogen-bond donors (Lipinski definition) is 1. The molecule has 23 heavy (non-hydrogen) atoms. The Morgan fingerprint density at radius 2 is 1.74 bits per heavy atom. The lowest BCUT2D eigenvalue weighted by atomic mass is 10.0. The van der Waals surface area contributed by atoms with Gasteiger partial charge in [-0.05, 0) is 26.0 Å². The van der Waals surface area contributed by atoms with E-state index in [2.05, 4.69) is 10.3 Å². The first-order chi connectivity index (χ1) is 10.5. The summed E-state index contributed by atoms with van der Waals surface area (Å²) in [4.78, 5) is 2.76. The van der Waals surface area contributed by atoms with Crippen LogP contribution in [-0.4, -0.2) is 11.5 Å². The normalized spacial score (nSPS) is 12.5. The van der Waals surface area contributed by atoms with Crippen LogP contribution in [-0.2, 0) is 12.4 Å². The number of thiazole rings is 1. The summed E-state index contributed by atoms with van der Waals surface area (Å²) in [5.41, 5.74) is -1.89. The van der Waals surface area contributed by atoms with Crippen molar-refractivity contribution in [2.75, 3.05) is 11.9 Å². The average molecular weight is 354 g/mol. The highest BCUT2D eigenvalue weighted by Gasteiger charge is 2.38. The van der Waals surface area contributed by atoms with Gasteiger partial charge in [-0.15, -0.1) is 11.3 Å². The van der Waals surface area contributed by atoms with Gasteiger partial charge in [0.1, 0.15) is 4.88 Å². The molecule has 9 heteroatoms. The van der Waals surface area contributed by atoms with E-state index < -0.39 is 28.5 Å². The Morgan fingerprint density at radius 1 is 1.09 bits per heavy atom. The Morgan fingerprint density at radius 3 is 2.26 bits per heavy atom. The zero-order chi connectivity index (χ0) is 17.4. The first-order valence-electron chi connectivity index (χ1n) is 6.54. The van der Waals surface area contributed by atoms with Crippen LogP contribution >= 0.6 is 11.3 Å². The smallest absolute Gasteiger partial charge is 0.385 e. The molecule has 0 aliphatic carbocycles. The quantitative estimate of drug-likeness (QED) is 0.727. The number of rotatable bonds is 3. The first-order valence-corrected chi connectivity index (χ1v) is 7.35. The van der Waals surface area contributed by atoms with Gasteiger partial charge in [-0.25, -0.2) is 4.98 Å². The van der Waals surface area contributed by atoms with E-state index in [4.69, 9.17) is 0 Å². The maximum atomic E-state index is 13.1. The van der Waals surface area contributed by atoms with Gasteiger partial charge in [-0.3, -0.25) is 0 Å². The summed E-state index contributed by atoms with van der Waals surface area (Å²) in [7, 11) is 0. The van der Waals surface area contributed by atoms with Gasteiger partial charge < -0.3 is 5.32 Å². The van der Waals surface area contributed by atoms with Crippen LogP contribution in [0.3, 0.4) is 0 Å². The predicted octanol–water partition coefficient (Wildman–Crippen LogP) is 5.59. The molecule has 0 aliphatic heterocycles. The number of alkyl halides is 6. The van der Waals surface area contributed by atoms with Crippen molar-refractivity contribution < 1.29 is 26.3 Å². The molecule has 2 aromatic rings. The van der Waals surface area contributed by atoms with Gasteiger partial charge in [-0.2, -0.15) is 26.3 Å². The molecule has 0 amide bonds. The lowest BCUT2D eigenvalue weighted by molar-refractivity contribution is -0.137. The summed E-state index contributed by atoms with van der Waals surface area (Å²) in [5, 5.41) is 2.69. The molecule has 2 nitrogen and oxygen atoms in total. The molecule has 1 N–H and O–H groups in total. The molecule has 0 saturated carbocycles. The Bertz CT molecular complexity index is 702. The lowest BCUT2D eigenvalue weighted by Crippen LogP contribution is -2.11. The van der Waals surface area contributed by atoms with Crippen molar-refractivity contribution in [2.45, 2.75) is 26.2 Å². The van der Waals surface area contributed by atoms with Gasteiger partial charge in [0.25, 0.3) is 0 Å². The highest BCUT2D eigenvalue weighted by molar-refractivity contribution is 7.12. The summed E-state index contributed by atoms with van der Waals surface area (Å²) in [5.74, 6) is 0. The fourth-order valence-corrected chi connectivity index (χ4v) is 2.89.